The smallest absolute Gasteiger partial charge is 0.242 e. The Bertz CT molecular complexity index is 487. The van der Waals surface area contributed by atoms with Crippen molar-refractivity contribution >= 4 is 29.1 Å². The van der Waals surface area contributed by atoms with Gasteiger partial charge in [-0.3, -0.25) is 9.59 Å². The number of allylic oxidation sites excluding steroid dienone is 1. The quantitative estimate of drug-likeness (QED) is 0.482. The molecule has 1 aliphatic heterocycles. The third-order valence-corrected chi connectivity index (χ3v) is 3.08. The minimum absolute atomic E-state index is 0.0316. The standard InChI is InChI=1S/C12H12N2O3S/c1-2-5-12(7-8-4-3-6-17-8)9(15)13-11(18)14-10(12)16/h2-4,6H,1,5,7H2,(H2,13,14,15,16,18). The van der Waals surface area contributed by atoms with E-state index in [2.05, 4.69) is 17.2 Å². The van der Waals surface area contributed by atoms with Crippen molar-refractivity contribution in [3.05, 3.63) is 36.8 Å². The number of furan rings is 1. The highest BCUT2D eigenvalue weighted by Gasteiger charge is 2.49. The van der Waals surface area contributed by atoms with Crippen LogP contribution in [0.5, 0.6) is 0 Å². The summed E-state index contributed by atoms with van der Waals surface area (Å²) in [6.45, 7) is 3.59. The maximum absolute atomic E-state index is 12.1. The van der Waals surface area contributed by atoms with E-state index < -0.39 is 17.2 Å². The summed E-state index contributed by atoms with van der Waals surface area (Å²) in [7, 11) is 0. The van der Waals surface area contributed by atoms with Gasteiger partial charge in [0.05, 0.1) is 6.26 Å². The number of hydrogen-bond acceptors (Lipinski definition) is 4. The van der Waals surface area contributed by atoms with Gasteiger partial charge in [-0.05, 0) is 30.8 Å². The summed E-state index contributed by atoms with van der Waals surface area (Å²) < 4.78 is 5.20. The first-order valence-corrected chi connectivity index (χ1v) is 5.79. The van der Waals surface area contributed by atoms with Gasteiger partial charge in [0.25, 0.3) is 0 Å². The highest BCUT2D eigenvalue weighted by molar-refractivity contribution is 7.80. The van der Waals surface area contributed by atoms with Crippen LogP contribution >= 0.6 is 12.2 Å². The van der Waals surface area contributed by atoms with Crippen LogP contribution < -0.4 is 10.6 Å². The number of thiocarbonyl (C=S) groups is 1. The van der Waals surface area contributed by atoms with Gasteiger partial charge in [-0.15, -0.1) is 6.58 Å². The van der Waals surface area contributed by atoms with Crippen molar-refractivity contribution in [1.82, 2.24) is 10.6 Å². The molecule has 2 heterocycles. The topological polar surface area (TPSA) is 71.3 Å². The molecule has 0 bridgehead atoms. The minimum atomic E-state index is -1.25. The van der Waals surface area contributed by atoms with Crippen LogP contribution in [0.25, 0.3) is 0 Å². The molecule has 0 spiro atoms. The molecule has 18 heavy (non-hydrogen) atoms. The van der Waals surface area contributed by atoms with Crippen LogP contribution in [-0.2, 0) is 16.0 Å². The van der Waals surface area contributed by atoms with Crippen molar-refractivity contribution in [2.75, 3.05) is 0 Å². The molecule has 5 nitrogen and oxygen atoms in total. The molecule has 1 aromatic rings. The number of carbonyl (C=O) groups excluding carboxylic acids is 2. The second-order valence-electron chi connectivity index (χ2n) is 4.07. The second kappa shape index (κ2) is 4.73. The normalized spacial score (nSPS) is 18.1. The van der Waals surface area contributed by atoms with Gasteiger partial charge < -0.3 is 15.1 Å². The maximum atomic E-state index is 12.1. The molecule has 0 aliphatic carbocycles. The highest BCUT2D eigenvalue weighted by atomic mass is 32.1. The molecule has 0 saturated carbocycles. The first-order valence-electron chi connectivity index (χ1n) is 5.38. The number of nitrogens with one attached hydrogen (secondary N) is 2. The van der Waals surface area contributed by atoms with Crippen molar-refractivity contribution in [2.45, 2.75) is 12.8 Å². The van der Waals surface area contributed by atoms with E-state index in [1.54, 1.807) is 12.1 Å². The molecule has 94 valence electrons. The summed E-state index contributed by atoms with van der Waals surface area (Å²) in [4.78, 5) is 24.2. The first kappa shape index (κ1) is 12.5. The Morgan fingerprint density at radius 1 is 1.39 bits per heavy atom. The van der Waals surface area contributed by atoms with E-state index >= 15 is 0 Å². The van der Waals surface area contributed by atoms with Crippen LogP contribution in [0.2, 0.25) is 0 Å². The monoisotopic (exact) mass is 264 g/mol. The molecule has 1 aliphatic rings. The van der Waals surface area contributed by atoms with Crippen molar-refractivity contribution < 1.29 is 14.0 Å². The Hall–Kier alpha value is -1.95. The number of carbonyl (C=O) groups is 2. The van der Waals surface area contributed by atoms with Crippen LogP contribution in [-0.4, -0.2) is 16.9 Å². The van der Waals surface area contributed by atoms with Gasteiger partial charge in [0.1, 0.15) is 11.2 Å². The Morgan fingerprint density at radius 3 is 2.56 bits per heavy atom. The number of hydrogen-bond donors (Lipinski definition) is 2. The van der Waals surface area contributed by atoms with Gasteiger partial charge in [-0.25, -0.2) is 0 Å². The van der Waals surface area contributed by atoms with Gasteiger partial charge >= 0.3 is 0 Å². The van der Waals surface area contributed by atoms with E-state index in [1.807, 2.05) is 0 Å². The lowest BCUT2D eigenvalue weighted by Crippen LogP contribution is -2.62. The molecule has 0 radical (unpaired) electrons. The molecule has 1 aromatic heterocycles. The zero-order valence-electron chi connectivity index (χ0n) is 9.56. The fourth-order valence-electron chi connectivity index (χ4n) is 1.95. The third kappa shape index (κ3) is 2.06. The summed E-state index contributed by atoms with van der Waals surface area (Å²) in [5.41, 5.74) is -1.25. The summed E-state index contributed by atoms with van der Waals surface area (Å²) in [5.74, 6) is -0.282. The van der Waals surface area contributed by atoms with E-state index in [4.69, 9.17) is 16.6 Å². The fraction of sp³-hybridized carbons (Fsp3) is 0.250. The maximum Gasteiger partial charge on any atom is 0.242 e. The SMILES string of the molecule is C=CCC1(Cc2ccco2)C(=O)NC(=S)NC1=O. The average Bonchev–Trinajstić information content (AvgIpc) is 2.78. The van der Waals surface area contributed by atoms with E-state index in [0.717, 1.165) is 0 Å². The van der Waals surface area contributed by atoms with E-state index in [0.29, 0.717) is 5.76 Å². The average molecular weight is 264 g/mol. The summed E-state index contributed by atoms with van der Waals surface area (Å²) in [5, 5.41) is 4.97. The molecular formula is C12H12N2O3S. The molecule has 2 N–H and O–H groups in total. The van der Waals surface area contributed by atoms with Gasteiger partial charge in [0, 0.05) is 6.42 Å². The molecular weight excluding hydrogens is 252 g/mol. The largest absolute Gasteiger partial charge is 0.469 e. The zero-order valence-corrected chi connectivity index (χ0v) is 10.4. The Morgan fingerprint density at radius 2 is 2.06 bits per heavy atom. The van der Waals surface area contributed by atoms with Crippen LogP contribution in [0.4, 0.5) is 0 Å². The van der Waals surface area contributed by atoms with Crippen LogP contribution in [0, 0.1) is 5.41 Å². The molecule has 0 unspecified atom stereocenters. The third-order valence-electron chi connectivity index (χ3n) is 2.87. The van der Waals surface area contributed by atoms with Gasteiger partial charge in [-0.2, -0.15) is 0 Å². The van der Waals surface area contributed by atoms with Gasteiger partial charge in [0.2, 0.25) is 11.8 Å². The molecule has 1 saturated heterocycles. The lowest BCUT2D eigenvalue weighted by Gasteiger charge is -2.33. The molecule has 2 amide bonds. The van der Waals surface area contributed by atoms with Crippen LogP contribution in [0.1, 0.15) is 12.2 Å². The minimum Gasteiger partial charge on any atom is -0.469 e. The van der Waals surface area contributed by atoms with E-state index in [-0.39, 0.29) is 18.0 Å². The zero-order chi connectivity index (χ0) is 13.2. The van der Waals surface area contributed by atoms with E-state index in [9.17, 15) is 9.59 Å². The van der Waals surface area contributed by atoms with Gasteiger partial charge in [0.15, 0.2) is 5.11 Å². The van der Waals surface area contributed by atoms with Crippen molar-refractivity contribution in [1.29, 1.82) is 0 Å². The highest BCUT2D eigenvalue weighted by Crippen LogP contribution is 2.30. The summed E-state index contributed by atoms with van der Waals surface area (Å²) >= 11 is 4.78. The predicted octanol–water partition coefficient (Wildman–Crippen LogP) is 0.915. The Labute approximate surface area is 109 Å². The molecule has 0 aromatic carbocycles. The van der Waals surface area contributed by atoms with Crippen LogP contribution in [0.3, 0.4) is 0 Å². The lowest BCUT2D eigenvalue weighted by atomic mass is 9.77. The molecule has 1 fully saturated rings. The molecule has 6 heteroatoms. The van der Waals surface area contributed by atoms with Crippen molar-refractivity contribution in [2.24, 2.45) is 5.41 Å². The summed E-state index contributed by atoms with van der Waals surface area (Å²) in [6, 6.07) is 3.43. The van der Waals surface area contributed by atoms with Crippen LogP contribution in [0.15, 0.2) is 35.5 Å². The van der Waals surface area contributed by atoms with E-state index in [1.165, 1.54) is 12.3 Å². The van der Waals surface area contributed by atoms with Gasteiger partial charge in [-0.1, -0.05) is 6.08 Å². The molecule has 2 rings (SSSR count). The molecule has 0 atom stereocenters. The lowest BCUT2D eigenvalue weighted by molar-refractivity contribution is -0.143. The first-order chi connectivity index (χ1) is 8.58. The predicted molar refractivity (Wildman–Crippen MR) is 68.5 cm³/mol. The van der Waals surface area contributed by atoms with Crippen molar-refractivity contribution in [3.8, 4) is 0 Å². The fourth-order valence-corrected chi connectivity index (χ4v) is 2.14. The number of rotatable bonds is 4. The number of amides is 2. The Balaban J connectivity index is 2.35. The second-order valence-corrected chi connectivity index (χ2v) is 4.48. The summed E-state index contributed by atoms with van der Waals surface area (Å²) in [6.07, 6.45) is 3.43. The Kier molecular flexibility index (Phi) is 3.29. The van der Waals surface area contributed by atoms with Crippen molar-refractivity contribution in [3.63, 3.8) is 0 Å².